The molecule has 0 spiro atoms. The SMILES string of the molecule is CN(C)c1cc(C(=O)NC(CCC(=O)O)C(=O)O)ccn1. The number of amides is 1. The maximum absolute atomic E-state index is 12.0. The lowest BCUT2D eigenvalue weighted by molar-refractivity contribution is -0.140. The van der Waals surface area contributed by atoms with E-state index in [1.165, 1.54) is 18.3 Å². The van der Waals surface area contributed by atoms with Crippen LogP contribution in [0.4, 0.5) is 5.82 Å². The van der Waals surface area contributed by atoms with Crippen LogP contribution >= 0.6 is 0 Å². The van der Waals surface area contributed by atoms with Crippen molar-refractivity contribution in [2.75, 3.05) is 19.0 Å². The third-order valence-electron chi connectivity index (χ3n) is 2.72. The molecule has 1 amide bonds. The van der Waals surface area contributed by atoms with Gasteiger partial charge in [0, 0.05) is 32.3 Å². The highest BCUT2D eigenvalue weighted by molar-refractivity contribution is 5.97. The Morgan fingerprint density at radius 1 is 1.33 bits per heavy atom. The molecule has 1 atom stereocenters. The molecule has 0 aromatic carbocycles. The second-order valence-corrected chi connectivity index (χ2v) is 4.59. The second-order valence-electron chi connectivity index (χ2n) is 4.59. The van der Waals surface area contributed by atoms with Crippen LogP contribution in [-0.4, -0.2) is 53.2 Å². The molecule has 114 valence electrons. The van der Waals surface area contributed by atoms with E-state index in [0.717, 1.165) is 0 Å². The van der Waals surface area contributed by atoms with E-state index < -0.39 is 23.9 Å². The molecule has 8 heteroatoms. The number of hydrogen-bond donors (Lipinski definition) is 3. The molecule has 1 unspecified atom stereocenters. The number of hydrogen-bond acceptors (Lipinski definition) is 5. The summed E-state index contributed by atoms with van der Waals surface area (Å²) in [5.41, 5.74) is 0.260. The standard InChI is InChI=1S/C13H17N3O5/c1-16(2)10-7-8(5-6-14-10)12(19)15-9(13(20)21)3-4-11(17)18/h5-7,9H,3-4H2,1-2H3,(H,15,19)(H,17,18)(H,20,21). The molecule has 0 aliphatic carbocycles. The average Bonchev–Trinajstić information content (AvgIpc) is 2.42. The van der Waals surface area contributed by atoms with Crippen LogP contribution < -0.4 is 10.2 Å². The van der Waals surface area contributed by atoms with Gasteiger partial charge in [0.25, 0.3) is 5.91 Å². The van der Waals surface area contributed by atoms with Crippen LogP contribution in [0.25, 0.3) is 0 Å². The summed E-state index contributed by atoms with van der Waals surface area (Å²) in [6.45, 7) is 0. The second kappa shape index (κ2) is 7.22. The zero-order valence-corrected chi connectivity index (χ0v) is 11.7. The van der Waals surface area contributed by atoms with Gasteiger partial charge < -0.3 is 20.4 Å². The minimum atomic E-state index is -1.27. The van der Waals surface area contributed by atoms with Crippen molar-refractivity contribution in [3.8, 4) is 0 Å². The Labute approximate surface area is 121 Å². The van der Waals surface area contributed by atoms with E-state index in [9.17, 15) is 14.4 Å². The highest BCUT2D eigenvalue weighted by Crippen LogP contribution is 2.10. The summed E-state index contributed by atoms with van der Waals surface area (Å²) >= 11 is 0. The van der Waals surface area contributed by atoms with Crippen molar-refractivity contribution in [1.82, 2.24) is 10.3 Å². The van der Waals surface area contributed by atoms with Crippen LogP contribution in [0.2, 0.25) is 0 Å². The molecule has 1 aromatic heterocycles. The number of anilines is 1. The van der Waals surface area contributed by atoms with Gasteiger partial charge in [-0.3, -0.25) is 9.59 Å². The fourth-order valence-corrected chi connectivity index (χ4v) is 1.57. The van der Waals surface area contributed by atoms with Gasteiger partial charge in [0.1, 0.15) is 11.9 Å². The first-order valence-corrected chi connectivity index (χ1v) is 6.20. The van der Waals surface area contributed by atoms with Crippen LogP contribution in [0, 0.1) is 0 Å². The monoisotopic (exact) mass is 295 g/mol. The van der Waals surface area contributed by atoms with E-state index in [1.807, 2.05) is 0 Å². The molecule has 1 heterocycles. The zero-order valence-electron chi connectivity index (χ0n) is 11.7. The van der Waals surface area contributed by atoms with E-state index in [0.29, 0.717) is 5.82 Å². The summed E-state index contributed by atoms with van der Waals surface area (Å²) in [4.78, 5) is 39.3. The molecule has 1 rings (SSSR count). The Hall–Kier alpha value is -2.64. The minimum absolute atomic E-state index is 0.179. The zero-order chi connectivity index (χ0) is 16.0. The van der Waals surface area contributed by atoms with E-state index in [2.05, 4.69) is 10.3 Å². The van der Waals surface area contributed by atoms with E-state index >= 15 is 0 Å². The first-order valence-electron chi connectivity index (χ1n) is 6.20. The van der Waals surface area contributed by atoms with E-state index in [-0.39, 0.29) is 18.4 Å². The number of carbonyl (C=O) groups excluding carboxylic acids is 1. The molecule has 0 aliphatic heterocycles. The Morgan fingerprint density at radius 2 is 2.00 bits per heavy atom. The fourth-order valence-electron chi connectivity index (χ4n) is 1.57. The first kappa shape index (κ1) is 16.4. The molecule has 0 bridgehead atoms. The highest BCUT2D eigenvalue weighted by Gasteiger charge is 2.21. The van der Waals surface area contributed by atoms with Crippen LogP contribution in [0.3, 0.4) is 0 Å². The Balaban J connectivity index is 2.79. The van der Waals surface area contributed by atoms with Gasteiger partial charge in [-0.25, -0.2) is 9.78 Å². The number of carboxylic acids is 2. The van der Waals surface area contributed by atoms with E-state index in [4.69, 9.17) is 10.2 Å². The number of aromatic nitrogens is 1. The lowest BCUT2D eigenvalue weighted by Crippen LogP contribution is -2.41. The summed E-state index contributed by atoms with van der Waals surface area (Å²) in [6, 6.07) is 1.73. The molecule has 8 nitrogen and oxygen atoms in total. The predicted molar refractivity (Wildman–Crippen MR) is 74.3 cm³/mol. The van der Waals surface area contributed by atoms with Crippen molar-refractivity contribution < 1.29 is 24.6 Å². The lowest BCUT2D eigenvalue weighted by atomic mass is 10.1. The molecule has 0 aliphatic rings. The third kappa shape index (κ3) is 5.09. The highest BCUT2D eigenvalue weighted by atomic mass is 16.4. The quantitative estimate of drug-likeness (QED) is 0.657. The molecular formula is C13H17N3O5. The predicted octanol–water partition coefficient (Wildman–Crippen LogP) is 0.195. The van der Waals surface area contributed by atoms with Crippen molar-refractivity contribution in [1.29, 1.82) is 0 Å². The molecule has 1 aromatic rings. The summed E-state index contributed by atoms with van der Waals surface area (Å²) < 4.78 is 0. The van der Waals surface area contributed by atoms with Gasteiger partial charge in [0.15, 0.2) is 0 Å². The molecule has 21 heavy (non-hydrogen) atoms. The van der Waals surface area contributed by atoms with E-state index in [1.54, 1.807) is 19.0 Å². The Bertz CT molecular complexity index is 544. The number of carbonyl (C=O) groups is 3. The maximum atomic E-state index is 12.0. The van der Waals surface area contributed by atoms with Crippen LogP contribution in [0.15, 0.2) is 18.3 Å². The first-order chi connectivity index (χ1) is 9.81. The smallest absolute Gasteiger partial charge is 0.326 e. The van der Waals surface area contributed by atoms with Gasteiger partial charge in [0.05, 0.1) is 0 Å². The van der Waals surface area contributed by atoms with Crippen molar-refractivity contribution in [2.45, 2.75) is 18.9 Å². The maximum Gasteiger partial charge on any atom is 0.326 e. The lowest BCUT2D eigenvalue weighted by Gasteiger charge is -2.15. The van der Waals surface area contributed by atoms with Crippen molar-refractivity contribution in [3.63, 3.8) is 0 Å². The summed E-state index contributed by atoms with van der Waals surface area (Å²) in [5, 5.41) is 19.9. The van der Waals surface area contributed by atoms with Crippen LogP contribution in [0.5, 0.6) is 0 Å². The number of aliphatic carboxylic acids is 2. The summed E-state index contributed by atoms with van der Waals surface area (Å²) in [7, 11) is 3.52. The molecule has 0 radical (unpaired) electrons. The number of nitrogens with zero attached hydrogens (tertiary/aromatic N) is 2. The van der Waals surface area contributed by atoms with Gasteiger partial charge in [0.2, 0.25) is 0 Å². The Morgan fingerprint density at radius 3 is 2.52 bits per heavy atom. The summed E-state index contributed by atoms with van der Waals surface area (Å²) in [6.07, 6.45) is 0.926. The fraction of sp³-hybridized carbons (Fsp3) is 0.385. The number of nitrogens with one attached hydrogen (secondary N) is 1. The molecule has 0 fully saturated rings. The van der Waals surface area contributed by atoms with Crippen molar-refractivity contribution in [2.24, 2.45) is 0 Å². The van der Waals surface area contributed by atoms with Gasteiger partial charge in [-0.05, 0) is 18.6 Å². The normalized spacial score (nSPS) is 11.5. The molecule has 0 saturated heterocycles. The van der Waals surface area contributed by atoms with Crippen LogP contribution in [0.1, 0.15) is 23.2 Å². The largest absolute Gasteiger partial charge is 0.481 e. The van der Waals surface area contributed by atoms with Crippen molar-refractivity contribution in [3.05, 3.63) is 23.9 Å². The minimum Gasteiger partial charge on any atom is -0.481 e. The average molecular weight is 295 g/mol. The third-order valence-corrected chi connectivity index (χ3v) is 2.72. The number of carboxylic acid groups (broad SMARTS) is 2. The summed E-state index contributed by atoms with van der Waals surface area (Å²) in [5.74, 6) is -2.42. The Kier molecular flexibility index (Phi) is 5.65. The number of pyridine rings is 1. The number of rotatable bonds is 7. The topological polar surface area (TPSA) is 120 Å². The van der Waals surface area contributed by atoms with Crippen molar-refractivity contribution >= 4 is 23.7 Å². The van der Waals surface area contributed by atoms with Gasteiger partial charge >= 0.3 is 11.9 Å². The van der Waals surface area contributed by atoms with Crippen LogP contribution in [-0.2, 0) is 9.59 Å². The molecule has 3 N–H and O–H groups in total. The molecular weight excluding hydrogens is 278 g/mol. The van der Waals surface area contributed by atoms with Gasteiger partial charge in [-0.15, -0.1) is 0 Å². The van der Waals surface area contributed by atoms with Gasteiger partial charge in [-0.2, -0.15) is 0 Å². The van der Waals surface area contributed by atoms with Gasteiger partial charge in [-0.1, -0.05) is 0 Å². The molecule has 0 saturated carbocycles.